The number of hydrogen-bond donors (Lipinski definition) is 2. The largest absolute Gasteiger partial charge is 0.385 e. The maximum Gasteiger partial charge on any atom is 0.275 e. The summed E-state index contributed by atoms with van der Waals surface area (Å²) in [5.41, 5.74) is 3.03. The Morgan fingerprint density at radius 2 is 1.58 bits per heavy atom. The van der Waals surface area contributed by atoms with Crippen LogP contribution >= 0.6 is 23.2 Å². The van der Waals surface area contributed by atoms with E-state index >= 15 is 0 Å². The molecule has 0 radical (unpaired) electrons. The molecule has 1 amide bonds. The minimum absolute atomic E-state index is 0.101. The number of anilines is 2. The Morgan fingerprint density at radius 1 is 0.885 bits per heavy atom. The SMILES string of the molecule is O=C(Nc1ccc(NCCc2ccccc2)cc1)c1nc(Cl)ccc1Cl. The summed E-state index contributed by atoms with van der Waals surface area (Å²) in [6.07, 6.45) is 0.943. The number of pyridine rings is 1. The zero-order chi connectivity index (χ0) is 18.4. The molecule has 0 bridgehead atoms. The van der Waals surface area contributed by atoms with E-state index in [1.165, 1.54) is 11.6 Å². The van der Waals surface area contributed by atoms with Gasteiger partial charge in [0.2, 0.25) is 0 Å². The van der Waals surface area contributed by atoms with E-state index in [0.29, 0.717) is 5.69 Å². The number of carbonyl (C=O) groups excluding carboxylic acids is 1. The smallest absolute Gasteiger partial charge is 0.275 e. The minimum atomic E-state index is -0.401. The molecule has 132 valence electrons. The third kappa shape index (κ3) is 4.97. The number of nitrogens with one attached hydrogen (secondary N) is 2. The number of benzene rings is 2. The van der Waals surface area contributed by atoms with Gasteiger partial charge >= 0.3 is 0 Å². The van der Waals surface area contributed by atoms with Gasteiger partial charge in [0, 0.05) is 17.9 Å². The van der Waals surface area contributed by atoms with Gasteiger partial charge in [0.25, 0.3) is 5.91 Å². The van der Waals surface area contributed by atoms with Crippen LogP contribution in [0.5, 0.6) is 0 Å². The number of aromatic nitrogens is 1. The molecule has 0 fully saturated rings. The molecule has 0 atom stereocenters. The fourth-order valence-corrected chi connectivity index (χ4v) is 2.77. The highest BCUT2D eigenvalue weighted by atomic mass is 35.5. The van der Waals surface area contributed by atoms with E-state index in [9.17, 15) is 4.79 Å². The fraction of sp³-hybridized carbons (Fsp3) is 0.100. The summed E-state index contributed by atoms with van der Waals surface area (Å²) < 4.78 is 0. The second-order valence-corrected chi connectivity index (χ2v) is 6.45. The number of amides is 1. The van der Waals surface area contributed by atoms with E-state index in [-0.39, 0.29) is 15.9 Å². The lowest BCUT2D eigenvalue weighted by Crippen LogP contribution is -2.14. The van der Waals surface area contributed by atoms with Gasteiger partial charge in [-0.1, -0.05) is 53.5 Å². The Bertz CT molecular complexity index is 883. The molecule has 0 unspecified atom stereocenters. The van der Waals surface area contributed by atoms with Crippen molar-refractivity contribution < 1.29 is 4.79 Å². The summed E-state index contributed by atoms with van der Waals surface area (Å²) in [4.78, 5) is 16.2. The number of carbonyl (C=O) groups is 1. The first-order valence-corrected chi connectivity index (χ1v) is 8.89. The lowest BCUT2D eigenvalue weighted by molar-refractivity contribution is 0.102. The molecule has 1 aromatic heterocycles. The average Bonchev–Trinajstić information content (AvgIpc) is 2.66. The van der Waals surface area contributed by atoms with Crippen molar-refractivity contribution in [3.05, 3.63) is 88.2 Å². The van der Waals surface area contributed by atoms with Gasteiger partial charge in [0.05, 0.1) is 5.02 Å². The second-order valence-electron chi connectivity index (χ2n) is 5.66. The summed E-state index contributed by atoms with van der Waals surface area (Å²) in [5, 5.41) is 6.60. The lowest BCUT2D eigenvalue weighted by atomic mass is 10.1. The number of hydrogen-bond acceptors (Lipinski definition) is 3. The molecule has 6 heteroatoms. The molecule has 0 aliphatic rings. The van der Waals surface area contributed by atoms with E-state index in [1.54, 1.807) is 6.07 Å². The van der Waals surface area contributed by atoms with E-state index < -0.39 is 5.91 Å². The molecule has 4 nitrogen and oxygen atoms in total. The summed E-state index contributed by atoms with van der Waals surface area (Å²) in [6.45, 7) is 0.831. The predicted molar refractivity (Wildman–Crippen MR) is 107 cm³/mol. The number of rotatable bonds is 6. The first-order chi connectivity index (χ1) is 12.6. The van der Waals surface area contributed by atoms with E-state index in [4.69, 9.17) is 23.2 Å². The standard InChI is InChI=1S/C20H17Cl2N3O/c21-17-10-11-18(22)25-19(17)20(26)24-16-8-6-15(7-9-16)23-13-12-14-4-2-1-3-5-14/h1-11,23H,12-13H2,(H,24,26). The zero-order valence-electron chi connectivity index (χ0n) is 13.9. The maximum atomic E-state index is 12.3. The summed E-state index contributed by atoms with van der Waals surface area (Å²) in [7, 11) is 0. The van der Waals surface area contributed by atoms with Crippen LogP contribution in [0, 0.1) is 0 Å². The van der Waals surface area contributed by atoms with Crippen LogP contribution in [0.4, 0.5) is 11.4 Å². The topological polar surface area (TPSA) is 54.0 Å². The van der Waals surface area contributed by atoms with Gasteiger partial charge in [0.15, 0.2) is 0 Å². The predicted octanol–water partition coefficient (Wildman–Crippen LogP) is 5.30. The minimum Gasteiger partial charge on any atom is -0.385 e. The van der Waals surface area contributed by atoms with Gasteiger partial charge in [-0.05, 0) is 48.4 Å². The van der Waals surface area contributed by atoms with Crippen LogP contribution in [0.3, 0.4) is 0 Å². The molecule has 3 aromatic rings. The fourth-order valence-electron chi connectivity index (χ4n) is 2.44. The summed E-state index contributed by atoms with van der Waals surface area (Å²) >= 11 is 11.8. The van der Waals surface area contributed by atoms with E-state index in [2.05, 4.69) is 27.8 Å². The Hall–Kier alpha value is -2.56. The molecule has 1 heterocycles. The molecule has 3 rings (SSSR count). The third-order valence-electron chi connectivity index (χ3n) is 3.76. The third-order valence-corrected chi connectivity index (χ3v) is 4.27. The van der Waals surface area contributed by atoms with Gasteiger partial charge in [-0.15, -0.1) is 0 Å². The first-order valence-electron chi connectivity index (χ1n) is 8.13. The maximum absolute atomic E-state index is 12.3. The highest BCUT2D eigenvalue weighted by Crippen LogP contribution is 2.19. The molecule has 0 spiro atoms. The Balaban J connectivity index is 1.55. The van der Waals surface area contributed by atoms with Crippen LogP contribution in [0.15, 0.2) is 66.7 Å². The molecule has 0 saturated carbocycles. The molecule has 0 aliphatic heterocycles. The van der Waals surface area contributed by atoms with Crippen molar-refractivity contribution in [1.29, 1.82) is 0 Å². The van der Waals surface area contributed by atoms with Crippen molar-refractivity contribution in [2.45, 2.75) is 6.42 Å². The highest BCUT2D eigenvalue weighted by molar-refractivity contribution is 6.35. The molecule has 0 aliphatic carbocycles. The van der Waals surface area contributed by atoms with Crippen molar-refractivity contribution in [3.63, 3.8) is 0 Å². The quantitative estimate of drug-likeness (QED) is 0.566. The highest BCUT2D eigenvalue weighted by Gasteiger charge is 2.13. The molecule has 0 saturated heterocycles. The second kappa shape index (κ2) is 8.70. The Kier molecular flexibility index (Phi) is 6.10. The normalized spacial score (nSPS) is 10.4. The van der Waals surface area contributed by atoms with Crippen molar-refractivity contribution in [1.82, 2.24) is 4.98 Å². The number of halogens is 2. The molecular formula is C20H17Cl2N3O. The summed E-state index contributed by atoms with van der Waals surface area (Å²) in [6, 6.07) is 20.8. The van der Waals surface area contributed by atoms with Crippen LogP contribution in [-0.2, 0) is 6.42 Å². The van der Waals surface area contributed by atoms with Gasteiger partial charge in [-0.3, -0.25) is 4.79 Å². The van der Waals surface area contributed by atoms with Crippen LogP contribution in [-0.4, -0.2) is 17.4 Å². The van der Waals surface area contributed by atoms with Crippen molar-refractivity contribution in [2.75, 3.05) is 17.2 Å². The van der Waals surface area contributed by atoms with Crippen LogP contribution in [0.2, 0.25) is 10.2 Å². The Labute approximate surface area is 162 Å². The monoisotopic (exact) mass is 385 g/mol. The van der Waals surface area contributed by atoms with Gasteiger partial charge < -0.3 is 10.6 Å². The molecule has 26 heavy (non-hydrogen) atoms. The van der Waals surface area contributed by atoms with Gasteiger partial charge in [-0.25, -0.2) is 4.98 Å². The average molecular weight is 386 g/mol. The molecular weight excluding hydrogens is 369 g/mol. The first kappa shape index (κ1) is 18.2. The van der Waals surface area contributed by atoms with Crippen molar-refractivity contribution in [2.24, 2.45) is 0 Å². The van der Waals surface area contributed by atoms with Crippen molar-refractivity contribution >= 4 is 40.5 Å². The lowest BCUT2D eigenvalue weighted by Gasteiger charge is -2.09. The van der Waals surface area contributed by atoms with E-state index in [1.807, 2.05) is 42.5 Å². The Morgan fingerprint density at radius 3 is 2.31 bits per heavy atom. The number of nitrogens with zero attached hydrogens (tertiary/aromatic N) is 1. The summed E-state index contributed by atoms with van der Waals surface area (Å²) in [5.74, 6) is -0.401. The van der Waals surface area contributed by atoms with Gasteiger partial charge in [-0.2, -0.15) is 0 Å². The molecule has 2 N–H and O–H groups in total. The zero-order valence-corrected chi connectivity index (χ0v) is 15.4. The van der Waals surface area contributed by atoms with Crippen molar-refractivity contribution in [3.8, 4) is 0 Å². The molecule has 2 aromatic carbocycles. The van der Waals surface area contributed by atoms with Crippen LogP contribution in [0.1, 0.15) is 16.1 Å². The van der Waals surface area contributed by atoms with Crippen LogP contribution in [0.25, 0.3) is 0 Å². The van der Waals surface area contributed by atoms with Crippen LogP contribution < -0.4 is 10.6 Å². The van der Waals surface area contributed by atoms with E-state index in [0.717, 1.165) is 18.7 Å². The van der Waals surface area contributed by atoms with Gasteiger partial charge in [0.1, 0.15) is 10.8 Å².